The Morgan fingerprint density at radius 3 is 2.64 bits per heavy atom. The van der Waals surface area contributed by atoms with Crippen LogP contribution in [0.5, 0.6) is 0 Å². The first-order chi connectivity index (χ1) is 17.4. The van der Waals surface area contributed by atoms with Crippen LogP contribution in [0, 0.1) is 5.92 Å². The summed E-state index contributed by atoms with van der Waals surface area (Å²) < 4.78 is 0. The number of carboxylic acids is 1. The Bertz CT molecular complexity index is 1270. The molecule has 3 aromatic rings. The van der Waals surface area contributed by atoms with E-state index in [1.165, 1.54) is 11.1 Å². The number of hydrazone groups is 1. The number of carbonyl (C=O) groups is 3. The molecule has 3 N–H and O–H groups in total. The third-order valence-corrected chi connectivity index (χ3v) is 7.32. The topological polar surface area (TPSA) is 116 Å². The molecule has 0 fully saturated rings. The highest BCUT2D eigenvalue weighted by Crippen LogP contribution is 2.27. The summed E-state index contributed by atoms with van der Waals surface area (Å²) >= 11 is 1.64. The van der Waals surface area contributed by atoms with Crippen molar-refractivity contribution in [2.45, 2.75) is 25.8 Å². The fourth-order valence-corrected chi connectivity index (χ4v) is 5.14. The third kappa shape index (κ3) is 5.80. The lowest BCUT2D eigenvalue weighted by Crippen LogP contribution is -2.36. The van der Waals surface area contributed by atoms with Crippen LogP contribution >= 0.6 is 11.3 Å². The van der Waals surface area contributed by atoms with Crippen LogP contribution in [0.3, 0.4) is 0 Å². The van der Waals surface area contributed by atoms with Gasteiger partial charge in [0.1, 0.15) is 0 Å². The van der Waals surface area contributed by atoms with Gasteiger partial charge < -0.3 is 20.7 Å². The van der Waals surface area contributed by atoms with Crippen LogP contribution in [0.15, 0.2) is 65.1 Å². The van der Waals surface area contributed by atoms with Gasteiger partial charge in [-0.1, -0.05) is 24.3 Å². The van der Waals surface area contributed by atoms with E-state index >= 15 is 0 Å². The monoisotopic (exact) mass is 504 g/mol. The van der Waals surface area contributed by atoms with Crippen molar-refractivity contribution >= 4 is 41.0 Å². The van der Waals surface area contributed by atoms with Gasteiger partial charge in [-0.15, -0.1) is 11.3 Å². The summed E-state index contributed by atoms with van der Waals surface area (Å²) in [7, 11) is 1.70. The van der Waals surface area contributed by atoms with E-state index in [2.05, 4.69) is 5.10 Å². The minimum atomic E-state index is -1.01. The smallest absolute Gasteiger partial charge is 0.304 e. The second-order valence-corrected chi connectivity index (χ2v) is 9.84. The van der Waals surface area contributed by atoms with Crippen molar-refractivity contribution in [3.63, 3.8) is 0 Å². The van der Waals surface area contributed by atoms with Gasteiger partial charge in [0.15, 0.2) is 0 Å². The standard InChI is InChI=1S/C27H28N4O4S/c1-30(23-8-4-18(5-9-23)16-29-28)26(34)19-6-7-20-17-31(11-10-24-3-2-12-36-24)27(35)22(15-25(32)33)14-21(20)13-19/h2-9,12-13,16,22H,10-11,14-15,17,28H2,1H3,(H,32,33). The summed E-state index contributed by atoms with van der Waals surface area (Å²) in [6.45, 7) is 0.910. The maximum atomic E-state index is 13.3. The zero-order valence-electron chi connectivity index (χ0n) is 20.0. The van der Waals surface area contributed by atoms with E-state index in [0.717, 1.165) is 23.1 Å². The fourth-order valence-electron chi connectivity index (χ4n) is 4.44. The second-order valence-electron chi connectivity index (χ2n) is 8.81. The van der Waals surface area contributed by atoms with Crippen molar-refractivity contribution in [3.8, 4) is 0 Å². The lowest BCUT2D eigenvalue weighted by Gasteiger charge is -2.24. The molecule has 0 radical (unpaired) electrons. The second kappa shape index (κ2) is 11.2. The van der Waals surface area contributed by atoms with Crippen molar-refractivity contribution in [1.82, 2.24) is 4.90 Å². The van der Waals surface area contributed by atoms with Crippen molar-refractivity contribution in [2.24, 2.45) is 16.9 Å². The number of anilines is 1. The Hall–Kier alpha value is -3.98. The SMILES string of the molecule is CN(C(=O)c1ccc2c(c1)CC(CC(=O)O)C(=O)N(CCc1cccs1)C2)c1ccc(C=NN)cc1. The van der Waals surface area contributed by atoms with E-state index in [9.17, 15) is 19.5 Å². The summed E-state index contributed by atoms with van der Waals surface area (Å²) in [5.41, 5.74) is 3.79. The predicted molar refractivity (Wildman–Crippen MR) is 140 cm³/mol. The van der Waals surface area contributed by atoms with Crippen LogP contribution in [-0.2, 0) is 29.0 Å². The van der Waals surface area contributed by atoms with Gasteiger partial charge in [0.25, 0.3) is 5.91 Å². The number of fused-ring (bicyclic) bond motifs is 1. The largest absolute Gasteiger partial charge is 0.481 e. The zero-order chi connectivity index (χ0) is 25.7. The summed E-state index contributed by atoms with van der Waals surface area (Å²) in [6.07, 6.45) is 2.28. The first-order valence-corrected chi connectivity index (χ1v) is 12.5. The van der Waals surface area contributed by atoms with E-state index in [-0.39, 0.29) is 24.7 Å². The number of carboxylic acid groups (broad SMARTS) is 1. The van der Waals surface area contributed by atoms with Crippen LogP contribution in [0.1, 0.15) is 38.3 Å². The molecule has 2 aromatic carbocycles. The van der Waals surface area contributed by atoms with Gasteiger partial charge in [0, 0.05) is 36.3 Å². The van der Waals surface area contributed by atoms with Gasteiger partial charge in [-0.05, 0) is 65.2 Å². The zero-order valence-corrected chi connectivity index (χ0v) is 20.8. The first kappa shape index (κ1) is 25.1. The predicted octanol–water partition coefficient (Wildman–Crippen LogP) is 3.54. The highest BCUT2D eigenvalue weighted by Gasteiger charge is 2.31. The molecule has 0 saturated carbocycles. The van der Waals surface area contributed by atoms with Gasteiger partial charge in [-0.25, -0.2) is 0 Å². The molecule has 0 aliphatic carbocycles. The molecule has 2 heterocycles. The highest BCUT2D eigenvalue weighted by atomic mass is 32.1. The van der Waals surface area contributed by atoms with Gasteiger partial charge >= 0.3 is 5.97 Å². The molecule has 4 rings (SSSR count). The minimum absolute atomic E-state index is 0.156. The molecule has 0 saturated heterocycles. The molecule has 9 heteroatoms. The van der Waals surface area contributed by atoms with Crippen molar-refractivity contribution in [3.05, 3.63) is 87.1 Å². The fraction of sp³-hybridized carbons (Fsp3) is 0.259. The number of hydrogen-bond acceptors (Lipinski definition) is 6. The Kier molecular flexibility index (Phi) is 7.80. The van der Waals surface area contributed by atoms with Crippen molar-refractivity contribution in [1.29, 1.82) is 0 Å². The Morgan fingerprint density at radius 2 is 1.97 bits per heavy atom. The molecule has 1 unspecified atom stereocenters. The number of amides is 2. The third-order valence-electron chi connectivity index (χ3n) is 6.38. The van der Waals surface area contributed by atoms with Crippen LogP contribution in [0.4, 0.5) is 5.69 Å². The average molecular weight is 505 g/mol. The number of carbonyl (C=O) groups excluding carboxylic acids is 2. The summed E-state index contributed by atoms with van der Waals surface area (Å²) in [4.78, 5) is 42.5. The van der Waals surface area contributed by atoms with Crippen LogP contribution in [-0.4, -0.2) is 47.6 Å². The van der Waals surface area contributed by atoms with Gasteiger partial charge in [0.2, 0.25) is 5.91 Å². The number of nitrogens with two attached hydrogens (primary N) is 1. The molecular formula is C27H28N4O4S. The maximum Gasteiger partial charge on any atom is 0.304 e. The highest BCUT2D eigenvalue weighted by molar-refractivity contribution is 7.09. The van der Waals surface area contributed by atoms with Crippen LogP contribution in [0.2, 0.25) is 0 Å². The number of rotatable bonds is 8. The Balaban J connectivity index is 1.57. The Labute approximate surface area is 213 Å². The Morgan fingerprint density at radius 1 is 1.19 bits per heavy atom. The van der Waals surface area contributed by atoms with E-state index in [0.29, 0.717) is 24.3 Å². The number of hydrogen-bond donors (Lipinski definition) is 2. The van der Waals surface area contributed by atoms with Gasteiger partial charge in [-0.3, -0.25) is 14.4 Å². The first-order valence-electron chi connectivity index (χ1n) is 11.6. The van der Waals surface area contributed by atoms with Crippen LogP contribution in [0.25, 0.3) is 0 Å². The van der Waals surface area contributed by atoms with Crippen LogP contribution < -0.4 is 10.7 Å². The summed E-state index contributed by atoms with van der Waals surface area (Å²) in [5, 5.41) is 14.9. The number of benzene rings is 2. The van der Waals surface area contributed by atoms with Crippen molar-refractivity contribution < 1.29 is 19.5 Å². The molecule has 1 atom stereocenters. The van der Waals surface area contributed by atoms with E-state index in [1.54, 1.807) is 40.3 Å². The molecule has 0 spiro atoms. The minimum Gasteiger partial charge on any atom is -0.481 e. The summed E-state index contributed by atoms with van der Waals surface area (Å²) in [5.74, 6) is 3.15. The molecule has 2 amide bonds. The lowest BCUT2D eigenvalue weighted by molar-refractivity contribution is -0.144. The molecule has 1 aliphatic heterocycles. The average Bonchev–Trinajstić information content (AvgIpc) is 3.35. The van der Waals surface area contributed by atoms with Gasteiger partial charge in [0.05, 0.1) is 18.6 Å². The molecule has 186 valence electrons. The number of aliphatic carboxylic acids is 1. The number of nitrogens with zero attached hydrogens (tertiary/aromatic N) is 3. The van der Waals surface area contributed by atoms with E-state index in [1.807, 2.05) is 47.8 Å². The quantitative estimate of drug-likeness (QED) is 0.277. The molecule has 1 aromatic heterocycles. The molecule has 8 nitrogen and oxygen atoms in total. The molecule has 0 bridgehead atoms. The number of thiophene rings is 1. The normalized spacial score (nSPS) is 15.5. The van der Waals surface area contributed by atoms with E-state index in [4.69, 9.17) is 5.84 Å². The molecule has 36 heavy (non-hydrogen) atoms. The van der Waals surface area contributed by atoms with Gasteiger partial charge in [-0.2, -0.15) is 5.10 Å². The maximum absolute atomic E-state index is 13.3. The summed E-state index contributed by atoms with van der Waals surface area (Å²) in [6, 6.07) is 16.7. The molecule has 1 aliphatic rings. The van der Waals surface area contributed by atoms with Crippen molar-refractivity contribution in [2.75, 3.05) is 18.5 Å². The molecular weight excluding hydrogens is 476 g/mol. The lowest BCUT2D eigenvalue weighted by atomic mass is 9.93. The van der Waals surface area contributed by atoms with E-state index < -0.39 is 11.9 Å².